The van der Waals surface area contributed by atoms with Crippen LogP contribution in [-0.2, 0) is 57.6 Å². The number of H-pyrrole nitrogens is 1. The van der Waals surface area contributed by atoms with Crippen molar-refractivity contribution in [2.45, 2.75) is 104 Å². The molecule has 63 heavy (non-hydrogen) atoms. The minimum Gasteiger partial charge on any atom is -0.481 e. The van der Waals surface area contributed by atoms with Crippen LogP contribution in [0.5, 0.6) is 0 Å². The van der Waals surface area contributed by atoms with Crippen LogP contribution in [0.2, 0.25) is 0 Å². The third kappa shape index (κ3) is 10.3. The number of carboxylic acids is 8. The zero-order valence-corrected chi connectivity index (χ0v) is 34.8. The second-order valence-electron chi connectivity index (χ2n) is 16.9. The van der Waals surface area contributed by atoms with E-state index in [2.05, 4.69) is 10.3 Å². The van der Waals surface area contributed by atoms with Crippen LogP contribution in [0.25, 0.3) is 5.57 Å². The molecule has 5 heterocycles. The van der Waals surface area contributed by atoms with Gasteiger partial charge in [-0.05, 0) is 67.0 Å². The molecule has 4 aliphatic rings. The Balaban J connectivity index is 1.98. The van der Waals surface area contributed by atoms with E-state index in [1.54, 1.807) is 20.8 Å². The van der Waals surface area contributed by atoms with Crippen molar-refractivity contribution in [3.63, 3.8) is 0 Å². The number of aliphatic carboxylic acids is 8. The quantitative estimate of drug-likeness (QED) is 0.0869. The molecule has 8 bridgehead atoms. The fourth-order valence-corrected chi connectivity index (χ4v) is 9.76. The lowest BCUT2D eigenvalue weighted by molar-refractivity contribution is -0.140. The molecule has 1 aromatic heterocycles. The third-order valence-corrected chi connectivity index (χ3v) is 12.6. The molecule has 5 rings (SSSR count). The second-order valence-corrected chi connectivity index (χ2v) is 16.9. The Morgan fingerprint density at radius 3 is 1.73 bits per heavy atom. The zero-order valence-electron chi connectivity index (χ0n) is 34.8. The lowest BCUT2D eigenvalue weighted by Gasteiger charge is -2.33. The van der Waals surface area contributed by atoms with Crippen molar-refractivity contribution in [3.8, 4) is 0 Å². The first-order chi connectivity index (χ1) is 29.4. The van der Waals surface area contributed by atoms with Gasteiger partial charge in [0, 0.05) is 101 Å². The van der Waals surface area contributed by atoms with Gasteiger partial charge in [0.05, 0.1) is 31.4 Å². The van der Waals surface area contributed by atoms with Gasteiger partial charge in [-0.2, -0.15) is 0 Å². The second kappa shape index (κ2) is 18.6. The Morgan fingerprint density at radius 1 is 0.651 bits per heavy atom. The van der Waals surface area contributed by atoms with Gasteiger partial charge >= 0.3 is 47.8 Å². The summed E-state index contributed by atoms with van der Waals surface area (Å²) in [6, 6.07) is 0. The fourth-order valence-electron chi connectivity index (χ4n) is 9.76. The number of carboxylic acid groups (broad SMARTS) is 8. The van der Waals surface area contributed by atoms with Gasteiger partial charge in [-0.1, -0.05) is 13.8 Å². The highest BCUT2D eigenvalue weighted by atomic mass is 16.4. The van der Waals surface area contributed by atoms with Crippen molar-refractivity contribution in [2.75, 3.05) is 0 Å². The molecule has 0 aromatic carbocycles. The Kier molecular flexibility index (Phi) is 14.0. The van der Waals surface area contributed by atoms with Crippen molar-refractivity contribution < 1.29 is 79.2 Å². The number of fused-ring (bicyclic) bond motifs is 6. The maximum atomic E-state index is 12.7. The largest absolute Gasteiger partial charge is 0.481 e. The molecular weight excluding hydrogens is 828 g/mol. The predicted molar refractivity (Wildman–Crippen MR) is 220 cm³/mol. The Labute approximate surface area is 359 Å². The predicted octanol–water partition coefficient (Wildman–Crippen LogP) is 4.36. The van der Waals surface area contributed by atoms with Crippen LogP contribution in [0.4, 0.5) is 0 Å². The number of aliphatic imine (C=N–C) groups is 2. The van der Waals surface area contributed by atoms with Gasteiger partial charge in [-0.3, -0.25) is 48.3 Å². The highest BCUT2D eigenvalue weighted by Gasteiger charge is 2.51. The van der Waals surface area contributed by atoms with E-state index in [0.717, 1.165) is 0 Å². The van der Waals surface area contributed by atoms with Crippen molar-refractivity contribution in [3.05, 3.63) is 63.0 Å². The van der Waals surface area contributed by atoms with Gasteiger partial charge in [0.25, 0.3) is 0 Å². The molecule has 1 unspecified atom stereocenters. The smallest absolute Gasteiger partial charge is 0.307 e. The number of rotatable bonds is 20. The van der Waals surface area contributed by atoms with Crippen molar-refractivity contribution >= 4 is 64.8 Å². The first kappa shape index (κ1) is 47.2. The van der Waals surface area contributed by atoms with Gasteiger partial charge < -0.3 is 51.2 Å². The number of aromatic amines is 1. The van der Waals surface area contributed by atoms with Crippen molar-refractivity contribution in [1.29, 1.82) is 0 Å². The molecule has 0 aliphatic carbocycles. The molecule has 20 heteroatoms. The van der Waals surface area contributed by atoms with Crippen molar-refractivity contribution in [2.24, 2.45) is 38.6 Å². The zero-order chi connectivity index (χ0) is 46.7. The fraction of sp³-hybridized carbons (Fsp3) is 0.488. The summed E-state index contributed by atoms with van der Waals surface area (Å²) in [6.45, 7) is 4.71. The number of hydrogen-bond donors (Lipinski definition) is 10. The third-order valence-electron chi connectivity index (χ3n) is 12.6. The molecule has 0 saturated heterocycles. The molecule has 0 saturated carbocycles. The molecule has 0 spiro atoms. The summed E-state index contributed by atoms with van der Waals surface area (Å²) in [5.74, 6) is -12.9. The van der Waals surface area contributed by atoms with E-state index in [-0.39, 0.29) is 83.0 Å². The van der Waals surface area contributed by atoms with E-state index in [0.29, 0.717) is 17.0 Å². The normalized spacial score (nSPS) is 25.9. The Morgan fingerprint density at radius 2 is 1.19 bits per heavy atom. The van der Waals surface area contributed by atoms with Gasteiger partial charge in [0.2, 0.25) is 0 Å². The summed E-state index contributed by atoms with van der Waals surface area (Å²) in [4.78, 5) is 112. The van der Waals surface area contributed by atoms with Crippen LogP contribution in [-0.4, -0.2) is 105 Å². The standard InChI is InChI=1S/C43H50N4O16/c1-19-40-23(13-37(58)59)21(5-9-33(50)51)27(46-40)14-26-20(4-8-32(48)49)22(12-36(56)57)28(44-26)15-29-24(6-10-34(52)53)42(2,17-38(60)61)31(45-29)16-30-25(7-11-35(54)55)43(3,18-39(62)63)41(19)47-30/h15-16,22,24-25,44,46H,4-14,17-18H2,1-3H3,(H,48,49)(H,50,51)(H,52,53)(H,54,55)(H,56,57)(H,58,59)(H,60,61)(H,62,63)/b28-15?,31-16-,41-19-/t22?,24-,25-,42+,43+/m1/s1. The SMILES string of the molecule is C/C1=C2N=C(/C=C3\N=C(C=C4NC(=C(CCC(=O)O)C4CC(=O)O)Cc4[nH]c1c(CC(=O)O)c4CCC(=O)O)[C@@H](CCC(=O)O)[C@]3(C)CC(=O)O)[C@@H](CCC(=O)O)[C@]/2(C)CC(=O)O. The average Bonchev–Trinajstić information content (AvgIpc) is 3.80. The summed E-state index contributed by atoms with van der Waals surface area (Å²) >= 11 is 0. The summed E-state index contributed by atoms with van der Waals surface area (Å²) in [5, 5.41) is 83.4. The number of nitrogens with zero attached hydrogens (tertiary/aromatic N) is 2. The molecule has 0 fully saturated rings. The van der Waals surface area contributed by atoms with Crippen LogP contribution < -0.4 is 5.32 Å². The monoisotopic (exact) mass is 878 g/mol. The van der Waals surface area contributed by atoms with E-state index >= 15 is 0 Å². The number of hydrogen-bond acceptors (Lipinski definition) is 11. The summed E-state index contributed by atoms with van der Waals surface area (Å²) in [7, 11) is 0. The van der Waals surface area contributed by atoms with Crippen LogP contribution in [0, 0.1) is 28.6 Å². The van der Waals surface area contributed by atoms with E-state index in [4.69, 9.17) is 9.98 Å². The first-order valence-corrected chi connectivity index (χ1v) is 20.2. The topological polar surface area (TPSA) is 351 Å². The maximum absolute atomic E-state index is 12.7. The molecule has 20 nitrogen and oxygen atoms in total. The Hall–Kier alpha value is -6.86. The molecule has 10 N–H and O–H groups in total. The number of allylic oxidation sites excluding steroid dienone is 7. The molecule has 1 aromatic rings. The van der Waals surface area contributed by atoms with Gasteiger partial charge in [0.15, 0.2) is 0 Å². The number of aromatic nitrogens is 1. The van der Waals surface area contributed by atoms with E-state index in [1.807, 2.05) is 0 Å². The van der Waals surface area contributed by atoms with Gasteiger partial charge in [-0.25, -0.2) is 0 Å². The molecule has 0 radical (unpaired) electrons. The molecule has 338 valence electrons. The Bertz CT molecular complexity index is 2360. The lowest BCUT2D eigenvalue weighted by atomic mass is 9.67. The first-order valence-electron chi connectivity index (χ1n) is 20.2. The maximum Gasteiger partial charge on any atom is 0.307 e. The number of carbonyl (C=O) groups is 8. The van der Waals surface area contributed by atoms with E-state index in [1.165, 1.54) is 12.2 Å². The minimum absolute atomic E-state index is 0.0895. The van der Waals surface area contributed by atoms with Gasteiger partial charge in [-0.15, -0.1) is 0 Å². The average molecular weight is 879 g/mol. The van der Waals surface area contributed by atoms with Crippen molar-refractivity contribution in [1.82, 2.24) is 10.3 Å². The van der Waals surface area contributed by atoms with Crippen LogP contribution >= 0.6 is 0 Å². The van der Waals surface area contributed by atoms with Crippen LogP contribution in [0.15, 0.2) is 50.5 Å². The lowest BCUT2D eigenvalue weighted by Crippen LogP contribution is -2.34. The summed E-state index contributed by atoms with van der Waals surface area (Å²) in [6.07, 6.45) is -2.03. The minimum atomic E-state index is -1.49. The number of nitrogens with one attached hydrogen (secondary N) is 2. The van der Waals surface area contributed by atoms with E-state index < -0.39 is 128 Å². The van der Waals surface area contributed by atoms with Crippen LogP contribution in [0.1, 0.15) is 107 Å². The molecule has 0 amide bonds. The van der Waals surface area contributed by atoms with Gasteiger partial charge in [0.1, 0.15) is 0 Å². The molecule has 4 aliphatic heterocycles. The van der Waals surface area contributed by atoms with E-state index in [9.17, 15) is 79.2 Å². The van der Waals surface area contributed by atoms with Crippen LogP contribution in [0.3, 0.4) is 0 Å². The molecular formula is C43H50N4O16. The summed E-state index contributed by atoms with van der Waals surface area (Å²) in [5.41, 5.74) is -0.456. The molecule has 5 atom stereocenters. The highest BCUT2D eigenvalue weighted by molar-refractivity contribution is 6.06. The highest BCUT2D eigenvalue weighted by Crippen LogP contribution is 2.54. The summed E-state index contributed by atoms with van der Waals surface area (Å²) < 4.78 is 0.